The first kappa shape index (κ1) is 15.5. The number of aromatic hydroxyl groups is 1. The summed E-state index contributed by atoms with van der Waals surface area (Å²) < 4.78 is 0. The molecule has 2 N–H and O–H groups in total. The van der Waals surface area contributed by atoms with Crippen molar-refractivity contribution in [2.75, 3.05) is 5.75 Å². The van der Waals surface area contributed by atoms with Crippen LogP contribution in [0.3, 0.4) is 0 Å². The smallest absolute Gasteiger partial charge is 0.251 e. The zero-order valence-electron chi connectivity index (χ0n) is 11.5. The van der Waals surface area contributed by atoms with Gasteiger partial charge in [-0.2, -0.15) is 0 Å². The summed E-state index contributed by atoms with van der Waals surface area (Å²) in [4.78, 5) is 13.5. The average Bonchev–Trinajstić information content (AvgIpc) is 2.50. The lowest BCUT2D eigenvalue weighted by Crippen LogP contribution is -2.30. The minimum atomic E-state index is -0.218. The molecule has 0 saturated carbocycles. The Kier molecular flexibility index (Phi) is 4.52. The highest BCUT2D eigenvalue weighted by Crippen LogP contribution is 2.37. The van der Waals surface area contributed by atoms with E-state index >= 15 is 0 Å². The quantitative estimate of drug-likeness (QED) is 0.824. The van der Waals surface area contributed by atoms with E-state index in [-0.39, 0.29) is 22.7 Å². The number of thioether (sulfide) groups is 1. The van der Waals surface area contributed by atoms with Gasteiger partial charge in [0.1, 0.15) is 5.75 Å². The minimum Gasteiger partial charge on any atom is -0.506 e. The van der Waals surface area contributed by atoms with Crippen LogP contribution in [-0.4, -0.2) is 16.8 Å². The lowest BCUT2D eigenvalue weighted by Gasteiger charge is -2.26. The number of nitrogens with one attached hydrogen (secondary N) is 1. The zero-order valence-corrected chi connectivity index (χ0v) is 13.8. The van der Waals surface area contributed by atoms with E-state index in [9.17, 15) is 9.90 Å². The van der Waals surface area contributed by atoms with Crippen molar-refractivity contribution in [1.82, 2.24) is 5.32 Å². The Bertz CT molecular complexity index is 736. The number of phenols is 1. The second-order valence-electron chi connectivity index (χ2n) is 5.01. The average molecular weight is 354 g/mol. The Hall–Kier alpha value is -1.36. The number of fused-ring (bicyclic) bond motifs is 1. The summed E-state index contributed by atoms with van der Waals surface area (Å²) in [6.45, 7) is 0. The fraction of sp³-hybridized carbons (Fsp3) is 0.188. The molecule has 1 amide bonds. The van der Waals surface area contributed by atoms with Crippen LogP contribution in [0.4, 0.5) is 0 Å². The van der Waals surface area contributed by atoms with Gasteiger partial charge in [-0.3, -0.25) is 4.79 Å². The number of hydrogen-bond donors (Lipinski definition) is 2. The Morgan fingerprint density at radius 3 is 2.82 bits per heavy atom. The molecule has 3 rings (SSSR count). The van der Waals surface area contributed by atoms with Crippen molar-refractivity contribution in [3.05, 3.63) is 57.6 Å². The summed E-state index contributed by atoms with van der Waals surface area (Å²) in [6, 6.07) is 10.1. The van der Waals surface area contributed by atoms with Crippen LogP contribution in [0.1, 0.15) is 28.4 Å². The zero-order chi connectivity index (χ0) is 15.7. The Morgan fingerprint density at radius 1 is 1.23 bits per heavy atom. The summed E-state index contributed by atoms with van der Waals surface area (Å²) in [5.74, 6) is 0.685. The molecule has 22 heavy (non-hydrogen) atoms. The van der Waals surface area contributed by atoms with Crippen molar-refractivity contribution in [2.24, 2.45) is 0 Å². The first-order valence-electron chi connectivity index (χ1n) is 6.76. The van der Waals surface area contributed by atoms with E-state index in [0.717, 1.165) is 22.6 Å². The second-order valence-corrected chi connectivity index (χ2v) is 6.99. The van der Waals surface area contributed by atoms with Gasteiger partial charge in [-0.25, -0.2) is 0 Å². The van der Waals surface area contributed by atoms with Crippen molar-refractivity contribution < 1.29 is 9.90 Å². The van der Waals surface area contributed by atoms with Crippen LogP contribution in [0.5, 0.6) is 5.75 Å². The van der Waals surface area contributed by atoms with Crippen LogP contribution in [0.2, 0.25) is 10.0 Å². The van der Waals surface area contributed by atoms with Crippen LogP contribution in [-0.2, 0) is 0 Å². The van der Waals surface area contributed by atoms with Gasteiger partial charge in [-0.1, -0.05) is 23.2 Å². The fourth-order valence-electron chi connectivity index (χ4n) is 2.40. The van der Waals surface area contributed by atoms with E-state index < -0.39 is 0 Å². The monoisotopic (exact) mass is 353 g/mol. The maximum atomic E-state index is 12.4. The molecule has 6 heteroatoms. The van der Waals surface area contributed by atoms with Gasteiger partial charge in [0.05, 0.1) is 11.1 Å². The number of phenolic OH excluding ortho intramolecular Hbond substituents is 1. The van der Waals surface area contributed by atoms with Gasteiger partial charge in [-0.05, 0) is 48.4 Å². The van der Waals surface area contributed by atoms with Gasteiger partial charge in [0.25, 0.3) is 5.91 Å². The van der Waals surface area contributed by atoms with Crippen molar-refractivity contribution in [3.8, 4) is 5.75 Å². The summed E-state index contributed by atoms with van der Waals surface area (Å²) in [7, 11) is 0. The van der Waals surface area contributed by atoms with Crippen LogP contribution in [0.15, 0.2) is 41.3 Å². The first-order valence-corrected chi connectivity index (χ1v) is 8.50. The summed E-state index contributed by atoms with van der Waals surface area (Å²) >= 11 is 13.7. The van der Waals surface area contributed by atoms with Crippen LogP contribution >= 0.6 is 35.0 Å². The number of benzene rings is 2. The lowest BCUT2D eigenvalue weighted by molar-refractivity contribution is 0.0935. The normalized spacial score (nSPS) is 16.9. The van der Waals surface area contributed by atoms with E-state index in [1.54, 1.807) is 17.8 Å². The maximum Gasteiger partial charge on any atom is 0.251 e. The number of carbonyl (C=O) groups is 1. The number of halogens is 2. The largest absolute Gasteiger partial charge is 0.506 e. The third kappa shape index (κ3) is 3.19. The molecule has 1 heterocycles. The molecule has 1 aliphatic heterocycles. The van der Waals surface area contributed by atoms with Crippen LogP contribution in [0, 0.1) is 0 Å². The standard InChI is InChI=1S/C16H13Cl2NO2S/c17-10-2-4-15-11(8-10)13(5-6-22-15)19-16(21)9-1-3-14(20)12(18)7-9/h1-4,7-8,13,20H,5-6H2,(H,19,21)/t13-/m1/s1. The van der Waals surface area contributed by atoms with Gasteiger partial charge in [0, 0.05) is 21.2 Å². The van der Waals surface area contributed by atoms with E-state index in [2.05, 4.69) is 5.32 Å². The van der Waals surface area contributed by atoms with Gasteiger partial charge in [0.2, 0.25) is 0 Å². The molecular weight excluding hydrogens is 341 g/mol. The maximum absolute atomic E-state index is 12.4. The van der Waals surface area contributed by atoms with Crippen LogP contribution in [0.25, 0.3) is 0 Å². The Balaban J connectivity index is 1.83. The molecule has 2 aromatic carbocycles. The lowest BCUT2D eigenvalue weighted by atomic mass is 10.0. The van der Waals surface area contributed by atoms with Crippen molar-refractivity contribution in [1.29, 1.82) is 0 Å². The highest BCUT2D eigenvalue weighted by molar-refractivity contribution is 7.99. The Labute approximate surface area is 142 Å². The third-order valence-electron chi connectivity index (χ3n) is 3.53. The molecule has 0 radical (unpaired) electrons. The molecule has 0 aromatic heterocycles. The highest BCUT2D eigenvalue weighted by atomic mass is 35.5. The fourth-order valence-corrected chi connectivity index (χ4v) is 3.87. The highest BCUT2D eigenvalue weighted by Gasteiger charge is 2.23. The summed E-state index contributed by atoms with van der Waals surface area (Å²) in [5, 5.41) is 13.3. The molecule has 0 bridgehead atoms. The molecular formula is C16H13Cl2NO2S. The summed E-state index contributed by atoms with van der Waals surface area (Å²) in [6.07, 6.45) is 0.843. The van der Waals surface area contributed by atoms with Crippen molar-refractivity contribution in [2.45, 2.75) is 17.4 Å². The van der Waals surface area contributed by atoms with Gasteiger partial charge < -0.3 is 10.4 Å². The van der Waals surface area contributed by atoms with Crippen molar-refractivity contribution >= 4 is 40.9 Å². The van der Waals surface area contributed by atoms with Crippen molar-refractivity contribution in [3.63, 3.8) is 0 Å². The number of rotatable bonds is 2. The van der Waals surface area contributed by atoms with E-state index in [0.29, 0.717) is 10.6 Å². The molecule has 0 fully saturated rings. The topological polar surface area (TPSA) is 49.3 Å². The molecule has 0 spiro atoms. The molecule has 114 valence electrons. The predicted molar refractivity (Wildman–Crippen MR) is 90.1 cm³/mol. The minimum absolute atomic E-state index is 0.0376. The number of amides is 1. The number of carbonyl (C=O) groups excluding carboxylic acids is 1. The predicted octanol–water partition coefficient (Wildman–Crippen LogP) is 4.67. The van der Waals surface area contributed by atoms with Gasteiger partial charge in [0.15, 0.2) is 0 Å². The third-order valence-corrected chi connectivity index (χ3v) is 5.19. The molecule has 1 aliphatic rings. The molecule has 0 unspecified atom stereocenters. The molecule has 0 saturated heterocycles. The Morgan fingerprint density at radius 2 is 2.05 bits per heavy atom. The molecule has 1 atom stereocenters. The van der Waals surface area contributed by atoms with Gasteiger partial charge in [-0.15, -0.1) is 11.8 Å². The van der Waals surface area contributed by atoms with E-state index in [1.165, 1.54) is 12.1 Å². The van der Waals surface area contributed by atoms with Gasteiger partial charge >= 0.3 is 0 Å². The van der Waals surface area contributed by atoms with E-state index in [4.69, 9.17) is 23.2 Å². The van der Waals surface area contributed by atoms with E-state index in [1.807, 2.05) is 18.2 Å². The molecule has 0 aliphatic carbocycles. The van der Waals surface area contributed by atoms with Crippen LogP contribution < -0.4 is 5.32 Å². The molecule has 2 aromatic rings. The number of hydrogen-bond acceptors (Lipinski definition) is 3. The first-order chi connectivity index (χ1) is 10.5. The summed E-state index contributed by atoms with van der Waals surface area (Å²) in [5.41, 5.74) is 1.46. The second kappa shape index (κ2) is 6.41. The molecule has 3 nitrogen and oxygen atoms in total. The SMILES string of the molecule is O=C(N[C@@H]1CCSc2ccc(Cl)cc21)c1ccc(O)c(Cl)c1.